The normalized spacial score (nSPS) is 11.8. The lowest BCUT2D eigenvalue weighted by Gasteiger charge is -2.22. The van der Waals surface area contributed by atoms with Crippen LogP contribution in [0.1, 0.15) is 28.2 Å². The molecule has 0 saturated carbocycles. The summed E-state index contributed by atoms with van der Waals surface area (Å²) in [4.78, 5) is 49.3. The molecular formula is C24H24O8. The van der Waals surface area contributed by atoms with E-state index in [9.17, 15) is 19.2 Å². The predicted molar refractivity (Wildman–Crippen MR) is 114 cm³/mol. The van der Waals surface area contributed by atoms with Gasteiger partial charge in [-0.25, -0.2) is 9.59 Å². The van der Waals surface area contributed by atoms with Gasteiger partial charge in [0.1, 0.15) is 5.92 Å². The lowest BCUT2D eigenvalue weighted by atomic mass is 9.83. The summed E-state index contributed by atoms with van der Waals surface area (Å²) < 4.78 is 19.3. The number of hydrogen-bond donors (Lipinski definition) is 0. The van der Waals surface area contributed by atoms with E-state index in [2.05, 4.69) is 4.74 Å². The molecule has 0 amide bonds. The van der Waals surface area contributed by atoms with E-state index < -0.39 is 29.8 Å². The second-order valence-electron chi connectivity index (χ2n) is 6.57. The third-order valence-corrected chi connectivity index (χ3v) is 4.80. The average molecular weight is 440 g/mol. The van der Waals surface area contributed by atoms with Crippen LogP contribution >= 0.6 is 0 Å². The van der Waals surface area contributed by atoms with Crippen LogP contribution in [0.3, 0.4) is 0 Å². The zero-order valence-corrected chi connectivity index (χ0v) is 18.2. The number of ether oxygens (including phenoxy) is 4. The van der Waals surface area contributed by atoms with Gasteiger partial charge in [0, 0.05) is 6.08 Å². The molecule has 32 heavy (non-hydrogen) atoms. The number of carbonyl (C=O) groups excluding carboxylic acids is 4. The highest BCUT2D eigenvalue weighted by Gasteiger charge is 2.31. The van der Waals surface area contributed by atoms with Crippen molar-refractivity contribution in [3.05, 3.63) is 76.9 Å². The fraction of sp³-hybridized carbons (Fsp3) is 0.250. The molecule has 0 spiro atoms. The Labute approximate surface area is 185 Å². The number of rotatable bonds is 8. The van der Waals surface area contributed by atoms with Crippen molar-refractivity contribution in [3.63, 3.8) is 0 Å². The lowest BCUT2D eigenvalue weighted by Crippen LogP contribution is -2.21. The number of hydrogen-bond acceptors (Lipinski definition) is 8. The molecule has 0 radical (unpaired) electrons. The topological polar surface area (TPSA) is 105 Å². The third kappa shape index (κ3) is 5.60. The Kier molecular flexibility index (Phi) is 8.71. The smallest absolute Gasteiger partial charge is 0.338 e. The maximum atomic E-state index is 12.9. The minimum absolute atomic E-state index is 0.0653. The molecular weight excluding hydrogens is 416 g/mol. The first-order chi connectivity index (χ1) is 15.4. The standard InChI is InChI=1S/C24H24O8/c1-29-20(25)13-15-9-5-6-10-16(15)22(24(28)32-4)18-12-8-7-11-17(18)19(23(27)31-3)14-21(26)30-2/h5-12,14,22H,13H2,1-4H3/b19-14+/t22-/m1/s1. The van der Waals surface area contributed by atoms with Gasteiger partial charge in [0.25, 0.3) is 0 Å². The minimum atomic E-state index is -0.997. The molecule has 0 fully saturated rings. The molecule has 0 aliphatic heterocycles. The Bertz CT molecular complexity index is 1040. The molecule has 8 nitrogen and oxygen atoms in total. The van der Waals surface area contributed by atoms with Crippen LogP contribution in [0.4, 0.5) is 0 Å². The van der Waals surface area contributed by atoms with E-state index in [1.165, 1.54) is 28.4 Å². The van der Waals surface area contributed by atoms with Gasteiger partial charge in [-0.3, -0.25) is 9.59 Å². The molecule has 2 rings (SSSR count). The zero-order chi connectivity index (χ0) is 23.7. The molecule has 168 valence electrons. The van der Waals surface area contributed by atoms with Crippen LogP contribution in [-0.4, -0.2) is 52.3 Å². The first-order valence-electron chi connectivity index (χ1n) is 9.57. The quantitative estimate of drug-likeness (QED) is 0.350. The fourth-order valence-corrected chi connectivity index (χ4v) is 3.27. The molecule has 2 aromatic carbocycles. The average Bonchev–Trinajstić information content (AvgIpc) is 2.83. The van der Waals surface area contributed by atoms with Gasteiger partial charge < -0.3 is 18.9 Å². The van der Waals surface area contributed by atoms with Crippen LogP contribution in [0.15, 0.2) is 54.6 Å². The summed E-state index contributed by atoms with van der Waals surface area (Å²) in [5.74, 6) is -3.63. The van der Waals surface area contributed by atoms with E-state index >= 15 is 0 Å². The molecule has 0 unspecified atom stereocenters. The van der Waals surface area contributed by atoms with Gasteiger partial charge in [0.05, 0.1) is 40.4 Å². The summed E-state index contributed by atoms with van der Waals surface area (Å²) in [6.45, 7) is 0. The van der Waals surface area contributed by atoms with Gasteiger partial charge in [0.15, 0.2) is 0 Å². The Morgan fingerprint density at radius 2 is 1.41 bits per heavy atom. The van der Waals surface area contributed by atoms with Crippen LogP contribution in [0.5, 0.6) is 0 Å². The molecule has 0 bridgehead atoms. The highest BCUT2D eigenvalue weighted by molar-refractivity contribution is 6.21. The number of methoxy groups -OCH3 is 4. The van der Waals surface area contributed by atoms with Crippen LogP contribution in [-0.2, 0) is 44.5 Å². The molecule has 1 atom stereocenters. The number of benzene rings is 2. The monoisotopic (exact) mass is 440 g/mol. The van der Waals surface area contributed by atoms with Gasteiger partial charge >= 0.3 is 23.9 Å². The van der Waals surface area contributed by atoms with Crippen molar-refractivity contribution in [1.29, 1.82) is 0 Å². The van der Waals surface area contributed by atoms with E-state index in [0.29, 0.717) is 16.7 Å². The van der Waals surface area contributed by atoms with Crippen molar-refractivity contribution < 1.29 is 38.1 Å². The van der Waals surface area contributed by atoms with E-state index in [4.69, 9.17) is 14.2 Å². The summed E-state index contributed by atoms with van der Waals surface area (Å²) in [6.07, 6.45) is 0.934. The summed E-state index contributed by atoms with van der Waals surface area (Å²) in [7, 11) is 4.88. The summed E-state index contributed by atoms with van der Waals surface area (Å²) >= 11 is 0. The highest BCUT2D eigenvalue weighted by Crippen LogP contribution is 2.34. The predicted octanol–water partition coefficient (Wildman–Crippen LogP) is 2.44. The zero-order valence-electron chi connectivity index (χ0n) is 18.2. The lowest BCUT2D eigenvalue weighted by molar-refractivity contribution is -0.142. The highest BCUT2D eigenvalue weighted by atomic mass is 16.5. The Morgan fingerprint density at radius 1 is 0.781 bits per heavy atom. The van der Waals surface area contributed by atoms with Crippen molar-refractivity contribution in [2.75, 3.05) is 28.4 Å². The number of esters is 4. The molecule has 0 heterocycles. The SMILES string of the molecule is COC(=O)/C=C(/C(=O)OC)c1ccccc1[C@H](C(=O)OC)c1ccccc1CC(=O)OC. The molecule has 0 N–H and O–H groups in total. The van der Waals surface area contributed by atoms with Gasteiger partial charge in [0.2, 0.25) is 0 Å². The second kappa shape index (κ2) is 11.5. The van der Waals surface area contributed by atoms with Crippen LogP contribution in [0, 0.1) is 0 Å². The van der Waals surface area contributed by atoms with Crippen LogP contribution in [0.2, 0.25) is 0 Å². The molecule has 0 aliphatic rings. The van der Waals surface area contributed by atoms with Crippen molar-refractivity contribution in [2.24, 2.45) is 0 Å². The van der Waals surface area contributed by atoms with E-state index in [1.54, 1.807) is 48.5 Å². The van der Waals surface area contributed by atoms with Crippen molar-refractivity contribution in [2.45, 2.75) is 12.3 Å². The molecule has 8 heteroatoms. The summed E-state index contributed by atoms with van der Waals surface area (Å²) in [5, 5.41) is 0. The first kappa shape index (κ1) is 24.3. The largest absolute Gasteiger partial charge is 0.469 e. The second-order valence-corrected chi connectivity index (χ2v) is 6.57. The van der Waals surface area contributed by atoms with E-state index in [0.717, 1.165) is 6.08 Å². The molecule has 0 aromatic heterocycles. The molecule has 2 aromatic rings. The van der Waals surface area contributed by atoms with Gasteiger partial charge in [-0.2, -0.15) is 0 Å². The molecule has 0 saturated heterocycles. The first-order valence-corrected chi connectivity index (χ1v) is 9.57. The number of carbonyl (C=O) groups is 4. The Balaban J connectivity index is 2.77. The van der Waals surface area contributed by atoms with Crippen molar-refractivity contribution in [3.8, 4) is 0 Å². The van der Waals surface area contributed by atoms with E-state index in [1.807, 2.05) is 0 Å². The van der Waals surface area contributed by atoms with Gasteiger partial charge in [-0.1, -0.05) is 48.5 Å². The van der Waals surface area contributed by atoms with E-state index in [-0.39, 0.29) is 17.6 Å². The Morgan fingerprint density at radius 3 is 2.00 bits per heavy atom. The third-order valence-electron chi connectivity index (χ3n) is 4.80. The van der Waals surface area contributed by atoms with Crippen LogP contribution in [0.25, 0.3) is 5.57 Å². The Hall–Kier alpha value is -3.94. The fourth-order valence-electron chi connectivity index (χ4n) is 3.27. The summed E-state index contributed by atoms with van der Waals surface area (Å²) in [6, 6.07) is 13.4. The van der Waals surface area contributed by atoms with Crippen molar-refractivity contribution in [1.82, 2.24) is 0 Å². The van der Waals surface area contributed by atoms with Crippen molar-refractivity contribution >= 4 is 29.5 Å². The van der Waals surface area contributed by atoms with Gasteiger partial charge in [-0.05, 0) is 22.3 Å². The van der Waals surface area contributed by atoms with Crippen LogP contribution < -0.4 is 0 Å². The summed E-state index contributed by atoms with van der Waals surface area (Å²) in [5.41, 5.74) is 1.64. The maximum Gasteiger partial charge on any atom is 0.338 e. The van der Waals surface area contributed by atoms with Gasteiger partial charge in [-0.15, -0.1) is 0 Å². The maximum absolute atomic E-state index is 12.9. The molecule has 0 aliphatic carbocycles. The minimum Gasteiger partial charge on any atom is -0.469 e.